The van der Waals surface area contributed by atoms with E-state index in [-0.39, 0.29) is 6.61 Å². The number of alkyl halides is 1. The van der Waals surface area contributed by atoms with Gasteiger partial charge in [0.25, 0.3) is 5.56 Å². The highest BCUT2D eigenvalue weighted by molar-refractivity contribution is 5.13. The molecule has 1 aromatic heterocycles. The van der Waals surface area contributed by atoms with E-state index in [1.807, 2.05) is 30.3 Å². The van der Waals surface area contributed by atoms with E-state index in [1.54, 1.807) is 0 Å². The summed E-state index contributed by atoms with van der Waals surface area (Å²) in [5, 5.41) is 0. The molecule has 2 atom stereocenters. The quantitative estimate of drug-likeness (QED) is 0.874. The summed E-state index contributed by atoms with van der Waals surface area (Å²) in [6.45, 7) is -0.224. The van der Waals surface area contributed by atoms with Gasteiger partial charge in [-0.1, -0.05) is 30.3 Å². The number of nitrogens with one attached hydrogen (secondary N) is 1. The van der Waals surface area contributed by atoms with E-state index < -0.39 is 29.8 Å². The highest BCUT2D eigenvalue weighted by Crippen LogP contribution is 2.36. The van der Waals surface area contributed by atoms with Crippen LogP contribution in [-0.2, 0) is 16.1 Å². The number of benzene rings is 1. The molecular weight excluding hydrogens is 315 g/mol. The second-order valence-corrected chi connectivity index (χ2v) is 5.92. The SMILES string of the molecule is O=c1ccn(C2CCC(CF)(COCc3ccccc3)O2)c(=O)[nH]1. The molecule has 0 aliphatic carbocycles. The Morgan fingerprint density at radius 1 is 1.29 bits per heavy atom. The summed E-state index contributed by atoms with van der Waals surface area (Å²) < 4.78 is 26.3. The smallest absolute Gasteiger partial charge is 0.330 e. The highest BCUT2D eigenvalue weighted by Gasteiger charge is 2.42. The average Bonchev–Trinajstić information content (AvgIpc) is 3.00. The number of ether oxygens (including phenoxy) is 2. The van der Waals surface area contributed by atoms with Crippen molar-refractivity contribution >= 4 is 0 Å². The van der Waals surface area contributed by atoms with E-state index in [0.29, 0.717) is 19.4 Å². The number of aromatic amines is 1. The van der Waals surface area contributed by atoms with Gasteiger partial charge < -0.3 is 9.47 Å². The van der Waals surface area contributed by atoms with E-state index in [2.05, 4.69) is 4.98 Å². The minimum Gasteiger partial charge on any atom is -0.374 e. The lowest BCUT2D eigenvalue weighted by Crippen LogP contribution is -2.38. The van der Waals surface area contributed by atoms with Crippen molar-refractivity contribution in [3.05, 3.63) is 69.0 Å². The van der Waals surface area contributed by atoms with E-state index in [4.69, 9.17) is 9.47 Å². The molecule has 1 fully saturated rings. The molecule has 1 N–H and O–H groups in total. The highest BCUT2D eigenvalue weighted by atomic mass is 19.1. The monoisotopic (exact) mass is 334 g/mol. The third kappa shape index (κ3) is 3.63. The van der Waals surface area contributed by atoms with Crippen LogP contribution in [0.3, 0.4) is 0 Å². The predicted octanol–water partition coefficient (Wildman–Crippen LogP) is 1.77. The van der Waals surface area contributed by atoms with Crippen molar-refractivity contribution in [1.82, 2.24) is 9.55 Å². The van der Waals surface area contributed by atoms with Crippen LogP contribution in [0.1, 0.15) is 24.6 Å². The topological polar surface area (TPSA) is 73.3 Å². The van der Waals surface area contributed by atoms with Crippen molar-refractivity contribution in [2.45, 2.75) is 31.3 Å². The molecule has 7 heteroatoms. The van der Waals surface area contributed by atoms with Gasteiger partial charge in [-0.15, -0.1) is 0 Å². The Hall–Kier alpha value is -2.25. The zero-order valence-electron chi connectivity index (χ0n) is 13.1. The fourth-order valence-corrected chi connectivity index (χ4v) is 2.82. The number of nitrogens with zero attached hydrogens (tertiary/aromatic N) is 1. The zero-order valence-corrected chi connectivity index (χ0v) is 13.1. The molecule has 0 saturated carbocycles. The minimum absolute atomic E-state index is 0.104. The van der Waals surface area contributed by atoms with Crippen LogP contribution in [0.2, 0.25) is 0 Å². The lowest BCUT2D eigenvalue weighted by atomic mass is 10.0. The predicted molar refractivity (Wildman–Crippen MR) is 85.5 cm³/mol. The van der Waals surface area contributed by atoms with Crippen LogP contribution in [0.15, 0.2) is 52.2 Å². The molecule has 6 nitrogen and oxygen atoms in total. The van der Waals surface area contributed by atoms with Gasteiger partial charge in [0.1, 0.15) is 18.5 Å². The molecule has 0 spiro atoms. The molecule has 1 aliphatic heterocycles. The van der Waals surface area contributed by atoms with Gasteiger partial charge in [0.05, 0.1) is 13.2 Å². The first-order valence-corrected chi connectivity index (χ1v) is 7.79. The average molecular weight is 334 g/mol. The Labute approximate surface area is 137 Å². The zero-order chi connectivity index (χ0) is 17.0. The molecule has 1 aromatic carbocycles. The van der Waals surface area contributed by atoms with Gasteiger partial charge in [-0.3, -0.25) is 14.3 Å². The first-order valence-electron chi connectivity index (χ1n) is 7.79. The van der Waals surface area contributed by atoms with E-state index in [0.717, 1.165) is 5.56 Å². The molecule has 0 radical (unpaired) electrons. The van der Waals surface area contributed by atoms with Crippen molar-refractivity contribution in [3.8, 4) is 0 Å². The standard InChI is InChI=1S/C17H19FN2O4/c18-11-17(12-23-10-13-4-2-1-3-5-13)8-6-15(24-17)20-9-7-14(21)19-16(20)22/h1-5,7,9,15H,6,8,10-12H2,(H,19,21,22). The van der Waals surface area contributed by atoms with Crippen LogP contribution in [-0.4, -0.2) is 28.4 Å². The molecule has 1 aliphatic rings. The van der Waals surface area contributed by atoms with Crippen molar-refractivity contribution in [2.24, 2.45) is 0 Å². The molecule has 24 heavy (non-hydrogen) atoms. The van der Waals surface area contributed by atoms with Gasteiger partial charge in [0.15, 0.2) is 0 Å². The molecule has 128 valence electrons. The molecule has 1 saturated heterocycles. The van der Waals surface area contributed by atoms with Gasteiger partial charge in [-0.05, 0) is 18.4 Å². The lowest BCUT2D eigenvalue weighted by molar-refractivity contribution is -0.125. The van der Waals surface area contributed by atoms with Crippen LogP contribution >= 0.6 is 0 Å². The van der Waals surface area contributed by atoms with Gasteiger partial charge in [-0.2, -0.15) is 0 Å². The van der Waals surface area contributed by atoms with Crippen molar-refractivity contribution in [2.75, 3.05) is 13.3 Å². The van der Waals surface area contributed by atoms with Gasteiger partial charge in [0.2, 0.25) is 0 Å². The number of rotatable bonds is 6. The Morgan fingerprint density at radius 3 is 2.79 bits per heavy atom. The Morgan fingerprint density at radius 2 is 2.08 bits per heavy atom. The molecule has 2 heterocycles. The summed E-state index contributed by atoms with van der Waals surface area (Å²) in [5.41, 5.74) is -1.10. The normalized spacial score (nSPS) is 23.5. The molecule has 0 bridgehead atoms. The number of aromatic nitrogens is 2. The first kappa shape index (κ1) is 16.6. The van der Waals surface area contributed by atoms with Gasteiger partial charge in [-0.25, -0.2) is 9.18 Å². The van der Waals surface area contributed by atoms with Crippen molar-refractivity contribution in [1.29, 1.82) is 0 Å². The summed E-state index contributed by atoms with van der Waals surface area (Å²) >= 11 is 0. The number of halogens is 1. The Balaban J connectivity index is 1.64. The van der Waals surface area contributed by atoms with Crippen molar-refractivity contribution < 1.29 is 13.9 Å². The maximum Gasteiger partial charge on any atom is 0.330 e. The largest absolute Gasteiger partial charge is 0.374 e. The van der Waals surface area contributed by atoms with Crippen LogP contribution in [0.5, 0.6) is 0 Å². The van der Waals surface area contributed by atoms with Crippen LogP contribution in [0.4, 0.5) is 4.39 Å². The molecule has 2 unspecified atom stereocenters. The molecule has 0 amide bonds. The molecule has 2 aromatic rings. The van der Waals surface area contributed by atoms with Gasteiger partial charge >= 0.3 is 5.69 Å². The van der Waals surface area contributed by atoms with Crippen molar-refractivity contribution in [3.63, 3.8) is 0 Å². The Kier molecular flexibility index (Phi) is 4.92. The lowest BCUT2D eigenvalue weighted by Gasteiger charge is -2.26. The second-order valence-electron chi connectivity index (χ2n) is 5.92. The maximum absolute atomic E-state index is 13.6. The van der Waals surface area contributed by atoms with Gasteiger partial charge in [0, 0.05) is 12.3 Å². The summed E-state index contributed by atoms with van der Waals surface area (Å²) in [4.78, 5) is 25.1. The van der Waals surface area contributed by atoms with E-state index in [9.17, 15) is 14.0 Å². The summed E-state index contributed by atoms with van der Waals surface area (Å²) in [6.07, 6.45) is 1.68. The van der Waals surface area contributed by atoms with Crippen LogP contribution in [0, 0.1) is 0 Å². The van der Waals surface area contributed by atoms with E-state index in [1.165, 1.54) is 16.8 Å². The third-order valence-corrected chi connectivity index (χ3v) is 4.11. The number of hydrogen-bond donors (Lipinski definition) is 1. The summed E-state index contributed by atoms with van der Waals surface area (Å²) in [5.74, 6) is 0. The summed E-state index contributed by atoms with van der Waals surface area (Å²) in [6, 6.07) is 10.8. The first-order chi connectivity index (χ1) is 11.6. The van der Waals surface area contributed by atoms with Crippen LogP contribution in [0.25, 0.3) is 0 Å². The number of hydrogen-bond acceptors (Lipinski definition) is 4. The molecule has 3 rings (SSSR count). The second kappa shape index (κ2) is 7.11. The third-order valence-electron chi connectivity index (χ3n) is 4.11. The fourth-order valence-electron chi connectivity index (χ4n) is 2.82. The fraction of sp³-hybridized carbons (Fsp3) is 0.412. The number of H-pyrrole nitrogens is 1. The maximum atomic E-state index is 13.6. The van der Waals surface area contributed by atoms with E-state index >= 15 is 0 Å². The minimum atomic E-state index is -1.06. The molecular formula is C17H19FN2O4. The summed E-state index contributed by atoms with van der Waals surface area (Å²) in [7, 11) is 0. The van der Waals surface area contributed by atoms with Crippen LogP contribution < -0.4 is 11.2 Å². The Bertz CT molecular complexity index is 789.